The second kappa shape index (κ2) is 8.72. The molecule has 1 unspecified atom stereocenters. The average Bonchev–Trinajstić information content (AvgIpc) is 2.18. The molecule has 0 rings (SSSR count). The molecule has 2 N–H and O–H groups in total. The van der Waals surface area contributed by atoms with Gasteiger partial charge in [-0.2, -0.15) is 0 Å². The lowest BCUT2D eigenvalue weighted by Gasteiger charge is -2.39. The highest BCUT2D eigenvalue weighted by molar-refractivity contribution is 5.85. The van der Waals surface area contributed by atoms with E-state index in [2.05, 4.69) is 31.6 Å². The lowest BCUT2D eigenvalue weighted by molar-refractivity contribution is 0.118. The van der Waals surface area contributed by atoms with Gasteiger partial charge in [-0.05, 0) is 12.8 Å². The van der Waals surface area contributed by atoms with E-state index < -0.39 is 0 Å². The number of nitrogens with zero attached hydrogens (tertiary/aromatic N) is 1. The predicted molar refractivity (Wildman–Crippen MR) is 71.2 cm³/mol. The molecule has 0 amide bonds. The van der Waals surface area contributed by atoms with Crippen LogP contribution >= 0.6 is 12.4 Å². The molecule has 1 atom stereocenters. The molecule has 0 radical (unpaired) electrons. The lowest BCUT2D eigenvalue weighted by atomic mass is 10.0. The molecule has 0 aromatic carbocycles. The monoisotopic (exact) mass is 230 g/mol. The van der Waals surface area contributed by atoms with E-state index in [1.807, 2.05) is 18.2 Å². The van der Waals surface area contributed by atoms with Gasteiger partial charge >= 0.3 is 0 Å². The minimum Gasteiger partial charge on any atom is -0.313 e. The van der Waals surface area contributed by atoms with Crippen molar-refractivity contribution in [2.45, 2.75) is 25.4 Å². The first-order chi connectivity index (χ1) is 6.64. The molecule has 0 spiro atoms. The molecular weight excluding hydrogens is 208 g/mol. The molecule has 2 nitrogen and oxygen atoms in total. The van der Waals surface area contributed by atoms with Crippen molar-refractivity contribution >= 4 is 12.4 Å². The van der Waals surface area contributed by atoms with E-state index in [4.69, 9.17) is 5.73 Å². The molecule has 0 aliphatic heterocycles. The van der Waals surface area contributed by atoms with Gasteiger partial charge in [-0.3, -0.25) is 4.90 Å². The van der Waals surface area contributed by atoms with Gasteiger partial charge in [0.2, 0.25) is 0 Å². The van der Waals surface area contributed by atoms with E-state index in [0.29, 0.717) is 0 Å². The van der Waals surface area contributed by atoms with E-state index in [-0.39, 0.29) is 18.1 Å². The quantitative estimate of drug-likeness (QED) is 0.513. The molecule has 0 aromatic rings. The van der Waals surface area contributed by atoms with Gasteiger partial charge in [0, 0.05) is 13.1 Å². The zero-order valence-corrected chi connectivity index (χ0v) is 10.4. The molecule has 0 aliphatic carbocycles. The van der Waals surface area contributed by atoms with Gasteiger partial charge in [0.15, 0.2) is 0 Å². The van der Waals surface area contributed by atoms with Crippen LogP contribution in [0.15, 0.2) is 38.0 Å². The maximum Gasteiger partial charge on any atom is 0.0725 e. The molecule has 0 heterocycles. The predicted octanol–water partition coefficient (Wildman–Crippen LogP) is 2.72. The van der Waals surface area contributed by atoms with Crippen LogP contribution in [0.3, 0.4) is 0 Å². The van der Waals surface area contributed by atoms with Crippen LogP contribution in [0.1, 0.15) is 19.8 Å². The third-order valence-electron chi connectivity index (χ3n) is 2.44. The zero-order valence-electron chi connectivity index (χ0n) is 9.61. The number of rotatable bonds is 8. The van der Waals surface area contributed by atoms with Crippen LogP contribution in [0.25, 0.3) is 0 Å². The summed E-state index contributed by atoms with van der Waals surface area (Å²) in [5.74, 6) is 0. The van der Waals surface area contributed by atoms with Crippen molar-refractivity contribution in [2.75, 3.05) is 13.1 Å². The van der Waals surface area contributed by atoms with Crippen LogP contribution in [-0.2, 0) is 0 Å². The molecule has 0 saturated heterocycles. The van der Waals surface area contributed by atoms with Crippen LogP contribution in [0.5, 0.6) is 0 Å². The maximum absolute atomic E-state index is 6.28. The third kappa shape index (κ3) is 5.17. The Hall–Kier alpha value is -0.570. The molecule has 0 saturated carbocycles. The van der Waals surface area contributed by atoms with E-state index in [1.54, 1.807) is 0 Å². The molecule has 0 aliphatic rings. The first-order valence-electron chi connectivity index (χ1n) is 5.01. The average molecular weight is 231 g/mol. The summed E-state index contributed by atoms with van der Waals surface area (Å²) in [6.07, 6.45) is 7.27. The minimum atomic E-state index is -0.315. The molecule has 0 aromatic heterocycles. The van der Waals surface area contributed by atoms with Crippen LogP contribution in [0.4, 0.5) is 0 Å². The van der Waals surface area contributed by atoms with Crippen molar-refractivity contribution in [3.05, 3.63) is 38.0 Å². The van der Waals surface area contributed by atoms with Crippen LogP contribution in [-0.4, -0.2) is 23.7 Å². The summed E-state index contributed by atoms with van der Waals surface area (Å²) in [6, 6.07) is 0. The highest BCUT2D eigenvalue weighted by Gasteiger charge is 2.27. The van der Waals surface area contributed by atoms with Crippen molar-refractivity contribution in [1.29, 1.82) is 0 Å². The number of hydrogen-bond donors (Lipinski definition) is 1. The summed E-state index contributed by atoms with van der Waals surface area (Å²) >= 11 is 0. The van der Waals surface area contributed by atoms with Crippen molar-refractivity contribution in [1.82, 2.24) is 4.90 Å². The molecular formula is C12H23ClN2. The van der Waals surface area contributed by atoms with Gasteiger partial charge in [0.1, 0.15) is 0 Å². The summed E-state index contributed by atoms with van der Waals surface area (Å²) in [7, 11) is 0. The fourth-order valence-corrected chi connectivity index (χ4v) is 1.50. The maximum atomic E-state index is 6.28. The smallest absolute Gasteiger partial charge is 0.0725 e. The van der Waals surface area contributed by atoms with Gasteiger partial charge < -0.3 is 5.73 Å². The molecule has 0 bridgehead atoms. The minimum absolute atomic E-state index is 0. The Labute approximate surface area is 99.9 Å². The van der Waals surface area contributed by atoms with Gasteiger partial charge in [-0.15, -0.1) is 32.1 Å². The lowest BCUT2D eigenvalue weighted by Crippen LogP contribution is -2.55. The standard InChI is InChI=1S/C12H22N2.ClH/c1-5-9-12(13,8-4)14(10-6-2)11-7-3;/h5-7H,1-3,8-11,13H2,4H3;1H. The third-order valence-corrected chi connectivity index (χ3v) is 2.44. The van der Waals surface area contributed by atoms with E-state index >= 15 is 0 Å². The van der Waals surface area contributed by atoms with Gasteiger partial charge in [-0.25, -0.2) is 0 Å². The topological polar surface area (TPSA) is 29.3 Å². The highest BCUT2D eigenvalue weighted by atomic mass is 35.5. The van der Waals surface area contributed by atoms with E-state index in [0.717, 1.165) is 25.9 Å². The van der Waals surface area contributed by atoms with Crippen molar-refractivity contribution in [3.8, 4) is 0 Å². The Morgan fingerprint density at radius 1 is 1.13 bits per heavy atom. The Morgan fingerprint density at radius 3 is 1.87 bits per heavy atom. The fourth-order valence-electron chi connectivity index (χ4n) is 1.50. The fraction of sp³-hybridized carbons (Fsp3) is 0.500. The first-order valence-corrected chi connectivity index (χ1v) is 5.01. The molecule has 88 valence electrons. The first kappa shape index (κ1) is 16.8. The summed E-state index contributed by atoms with van der Waals surface area (Å²) in [6.45, 7) is 14.9. The Kier molecular flexibility index (Phi) is 9.79. The van der Waals surface area contributed by atoms with Crippen LogP contribution in [0.2, 0.25) is 0 Å². The normalized spacial score (nSPS) is 13.8. The number of hydrogen-bond acceptors (Lipinski definition) is 2. The van der Waals surface area contributed by atoms with Crippen molar-refractivity contribution in [2.24, 2.45) is 5.73 Å². The Bertz CT molecular complexity index is 194. The van der Waals surface area contributed by atoms with Crippen LogP contribution in [0, 0.1) is 0 Å². The van der Waals surface area contributed by atoms with Gasteiger partial charge in [0.25, 0.3) is 0 Å². The van der Waals surface area contributed by atoms with Crippen LogP contribution < -0.4 is 5.73 Å². The van der Waals surface area contributed by atoms with Crippen molar-refractivity contribution in [3.63, 3.8) is 0 Å². The van der Waals surface area contributed by atoms with Gasteiger partial charge in [0.05, 0.1) is 5.66 Å². The summed E-state index contributed by atoms with van der Waals surface area (Å²) in [5.41, 5.74) is 5.97. The number of halogens is 1. The second-order valence-corrected chi connectivity index (χ2v) is 3.43. The number of nitrogens with two attached hydrogens (primary N) is 1. The summed E-state index contributed by atoms with van der Waals surface area (Å²) in [4.78, 5) is 2.16. The summed E-state index contributed by atoms with van der Waals surface area (Å²) < 4.78 is 0. The molecule has 0 fully saturated rings. The highest BCUT2D eigenvalue weighted by Crippen LogP contribution is 2.18. The van der Waals surface area contributed by atoms with Crippen molar-refractivity contribution < 1.29 is 0 Å². The second-order valence-electron chi connectivity index (χ2n) is 3.43. The zero-order chi connectivity index (χ0) is 11.0. The Morgan fingerprint density at radius 2 is 1.60 bits per heavy atom. The molecule has 3 heteroatoms. The van der Waals surface area contributed by atoms with E-state index in [1.165, 1.54) is 0 Å². The van der Waals surface area contributed by atoms with Gasteiger partial charge in [-0.1, -0.05) is 25.2 Å². The van der Waals surface area contributed by atoms with E-state index in [9.17, 15) is 0 Å². The largest absolute Gasteiger partial charge is 0.313 e. The SMILES string of the molecule is C=CCN(CC=C)C(N)(CC)CC=C.Cl. The Balaban J connectivity index is 0. The molecule has 15 heavy (non-hydrogen) atoms. The summed E-state index contributed by atoms with van der Waals surface area (Å²) in [5, 5.41) is 0.